The second-order valence-electron chi connectivity index (χ2n) is 3.73. The molecule has 1 aromatic heterocycles. The standard InChI is InChI=1S/C11H12N2O4/c14-10(8-2-1-5-17-8)13-9-6-7(11(15)16)3-4-12-9/h3-4,6,8H,1-2,5H2,(H,15,16)(H,12,13,14). The van der Waals surface area contributed by atoms with Gasteiger partial charge in [-0.25, -0.2) is 9.78 Å². The van der Waals surface area contributed by atoms with E-state index in [9.17, 15) is 9.59 Å². The van der Waals surface area contributed by atoms with Gasteiger partial charge in [0.2, 0.25) is 0 Å². The minimum absolute atomic E-state index is 0.0858. The van der Waals surface area contributed by atoms with Crippen molar-refractivity contribution in [3.63, 3.8) is 0 Å². The van der Waals surface area contributed by atoms with Gasteiger partial charge in [0.25, 0.3) is 5.91 Å². The van der Waals surface area contributed by atoms with Crippen LogP contribution in [0.25, 0.3) is 0 Å². The zero-order valence-corrected chi connectivity index (χ0v) is 9.05. The third-order valence-corrected chi connectivity index (χ3v) is 2.48. The average Bonchev–Trinajstić information content (AvgIpc) is 2.82. The molecule has 1 saturated heterocycles. The van der Waals surface area contributed by atoms with E-state index >= 15 is 0 Å². The fourth-order valence-electron chi connectivity index (χ4n) is 1.62. The predicted molar refractivity (Wildman–Crippen MR) is 58.8 cm³/mol. The highest BCUT2D eigenvalue weighted by molar-refractivity contribution is 5.95. The average molecular weight is 236 g/mol. The zero-order chi connectivity index (χ0) is 12.3. The van der Waals surface area contributed by atoms with Crippen LogP contribution in [-0.2, 0) is 9.53 Å². The summed E-state index contributed by atoms with van der Waals surface area (Å²) in [6.45, 7) is 0.584. The van der Waals surface area contributed by atoms with Crippen molar-refractivity contribution in [2.45, 2.75) is 18.9 Å². The monoisotopic (exact) mass is 236 g/mol. The molecule has 1 aliphatic heterocycles. The van der Waals surface area contributed by atoms with Crippen LogP contribution in [0.1, 0.15) is 23.2 Å². The molecule has 2 rings (SSSR count). The maximum Gasteiger partial charge on any atom is 0.335 e. The quantitative estimate of drug-likeness (QED) is 0.813. The van der Waals surface area contributed by atoms with E-state index in [1.54, 1.807) is 0 Å². The fraction of sp³-hybridized carbons (Fsp3) is 0.364. The van der Waals surface area contributed by atoms with Crippen LogP contribution in [0.5, 0.6) is 0 Å². The zero-order valence-electron chi connectivity index (χ0n) is 9.05. The largest absolute Gasteiger partial charge is 0.478 e. The second-order valence-corrected chi connectivity index (χ2v) is 3.73. The number of nitrogens with one attached hydrogen (secondary N) is 1. The highest BCUT2D eigenvalue weighted by Crippen LogP contribution is 2.14. The van der Waals surface area contributed by atoms with E-state index < -0.39 is 12.1 Å². The smallest absolute Gasteiger partial charge is 0.335 e. The molecule has 6 nitrogen and oxygen atoms in total. The van der Waals surface area contributed by atoms with Crippen molar-refractivity contribution in [1.82, 2.24) is 4.98 Å². The molecular formula is C11H12N2O4. The number of anilines is 1. The maximum absolute atomic E-state index is 11.7. The van der Waals surface area contributed by atoms with E-state index in [2.05, 4.69) is 10.3 Å². The SMILES string of the molecule is O=C(O)c1ccnc(NC(=O)C2CCCO2)c1. The van der Waals surface area contributed by atoms with Crippen LogP contribution in [0.15, 0.2) is 18.3 Å². The number of carbonyl (C=O) groups is 2. The molecule has 2 N–H and O–H groups in total. The minimum Gasteiger partial charge on any atom is -0.478 e. The van der Waals surface area contributed by atoms with Gasteiger partial charge in [0.05, 0.1) is 5.56 Å². The Kier molecular flexibility index (Phi) is 3.34. The highest BCUT2D eigenvalue weighted by atomic mass is 16.5. The molecule has 17 heavy (non-hydrogen) atoms. The van der Waals surface area contributed by atoms with E-state index in [0.717, 1.165) is 6.42 Å². The van der Waals surface area contributed by atoms with Crippen LogP contribution < -0.4 is 5.32 Å². The number of amides is 1. The number of aromatic nitrogens is 1. The molecule has 0 saturated carbocycles. The van der Waals surface area contributed by atoms with E-state index in [0.29, 0.717) is 13.0 Å². The summed E-state index contributed by atoms with van der Waals surface area (Å²) < 4.78 is 5.21. The first kappa shape index (κ1) is 11.5. The van der Waals surface area contributed by atoms with Gasteiger partial charge in [-0.1, -0.05) is 0 Å². The summed E-state index contributed by atoms with van der Waals surface area (Å²) in [7, 11) is 0. The molecule has 90 valence electrons. The Morgan fingerprint density at radius 1 is 1.53 bits per heavy atom. The lowest BCUT2D eigenvalue weighted by Crippen LogP contribution is -2.27. The van der Waals surface area contributed by atoms with E-state index in [1.807, 2.05) is 0 Å². The molecule has 1 fully saturated rings. The van der Waals surface area contributed by atoms with E-state index in [-0.39, 0.29) is 17.3 Å². The molecule has 0 spiro atoms. The van der Waals surface area contributed by atoms with Crippen molar-refractivity contribution in [2.75, 3.05) is 11.9 Å². The summed E-state index contributed by atoms with van der Waals surface area (Å²) >= 11 is 0. The van der Waals surface area contributed by atoms with Gasteiger partial charge in [0, 0.05) is 12.8 Å². The summed E-state index contributed by atoms with van der Waals surface area (Å²) in [6, 6.07) is 2.68. The first-order valence-electron chi connectivity index (χ1n) is 5.28. The van der Waals surface area contributed by atoms with Crippen LogP contribution >= 0.6 is 0 Å². The van der Waals surface area contributed by atoms with Crippen LogP contribution in [0, 0.1) is 0 Å². The first-order valence-corrected chi connectivity index (χ1v) is 5.28. The van der Waals surface area contributed by atoms with Gasteiger partial charge in [-0.05, 0) is 25.0 Å². The Bertz CT molecular complexity index is 441. The number of carboxylic acids is 1. The maximum atomic E-state index is 11.7. The predicted octanol–water partition coefficient (Wildman–Crippen LogP) is 0.897. The number of nitrogens with zero attached hydrogens (tertiary/aromatic N) is 1. The van der Waals surface area contributed by atoms with Crippen molar-refractivity contribution in [3.8, 4) is 0 Å². The molecule has 1 atom stereocenters. The number of carboxylic acid groups (broad SMARTS) is 1. The minimum atomic E-state index is -1.06. The molecule has 1 aromatic rings. The lowest BCUT2D eigenvalue weighted by atomic mass is 10.2. The molecule has 1 aliphatic rings. The van der Waals surface area contributed by atoms with Gasteiger partial charge >= 0.3 is 5.97 Å². The van der Waals surface area contributed by atoms with Crippen LogP contribution in [0.3, 0.4) is 0 Å². The number of aromatic carboxylic acids is 1. The normalized spacial score (nSPS) is 18.9. The highest BCUT2D eigenvalue weighted by Gasteiger charge is 2.23. The summed E-state index contributed by atoms with van der Waals surface area (Å²) in [5, 5.41) is 11.3. The van der Waals surface area contributed by atoms with Gasteiger partial charge in [0.15, 0.2) is 0 Å². The number of hydrogen-bond acceptors (Lipinski definition) is 4. The molecule has 1 amide bonds. The first-order chi connectivity index (χ1) is 8.16. The summed E-state index contributed by atoms with van der Waals surface area (Å²) in [4.78, 5) is 26.3. The van der Waals surface area contributed by atoms with Gasteiger partial charge < -0.3 is 15.2 Å². The van der Waals surface area contributed by atoms with Crippen LogP contribution in [0.2, 0.25) is 0 Å². The Morgan fingerprint density at radius 3 is 3.00 bits per heavy atom. The number of rotatable bonds is 3. The number of pyridine rings is 1. The van der Waals surface area contributed by atoms with Gasteiger partial charge in [0.1, 0.15) is 11.9 Å². The summed E-state index contributed by atoms with van der Waals surface area (Å²) in [5.41, 5.74) is 0.0858. The Labute approximate surface area is 97.6 Å². The van der Waals surface area contributed by atoms with Crippen molar-refractivity contribution < 1.29 is 19.4 Å². The Morgan fingerprint density at radius 2 is 2.35 bits per heavy atom. The fourth-order valence-corrected chi connectivity index (χ4v) is 1.62. The number of ether oxygens (including phenoxy) is 1. The summed E-state index contributed by atoms with van der Waals surface area (Å²) in [6.07, 6.45) is 2.44. The Hall–Kier alpha value is -1.95. The number of hydrogen-bond donors (Lipinski definition) is 2. The molecular weight excluding hydrogens is 224 g/mol. The molecule has 0 bridgehead atoms. The van der Waals surface area contributed by atoms with Crippen molar-refractivity contribution in [1.29, 1.82) is 0 Å². The van der Waals surface area contributed by atoms with Gasteiger partial charge in [-0.15, -0.1) is 0 Å². The van der Waals surface area contributed by atoms with Gasteiger partial charge in [-0.3, -0.25) is 4.79 Å². The molecule has 0 radical (unpaired) electrons. The van der Waals surface area contributed by atoms with Crippen molar-refractivity contribution in [2.24, 2.45) is 0 Å². The molecule has 0 aromatic carbocycles. The lowest BCUT2D eigenvalue weighted by molar-refractivity contribution is -0.124. The molecule has 2 heterocycles. The van der Waals surface area contributed by atoms with E-state index in [4.69, 9.17) is 9.84 Å². The molecule has 0 aliphatic carbocycles. The molecule has 1 unspecified atom stereocenters. The van der Waals surface area contributed by atoms with Crippen molar-refractivity contribution >= 4 is 17.7 Å². The lowest BCUT2D eigenvalue weighted by Gasteiger charge is -2.09. The third kappa shape index (κ3) is 2.79. The third-order valence-electron chi connectivity index (χ3n) is 2.48. The molecule has 6 heteroatoms. The number of carbonyl (C=O) groups excluding carboxylic acids is 1. The Balaban J connectivity index is 2.05. The van der Waals surface area contributed by atoms with Crippen LogP contribution in [0.4, 0.5) is 5.82 Å². The summed E-state index contributed by atoms with van der Waals surface area (Å²) in [5.74, 6) is -1.11. The van der Waals surface area contributed by atoms with E-state index in [1.165, 1.54) is 18.3 Å². The van der Waals surface area contributed by atoms with Crippen molar-refractivity contribution in [3.05, 3.63) is 23.9 Å². The van der Waals surface area contributed by atoms with Crippen LogP contribution in [-0.4, -0.2) is 34.7 Å². The van der Waals surface area contributed by atoms with Gasteiger partial charge in [-0.2, -0.15) is 0 Å². The topological polar surface area (TPSA) is 88.5 Å². The second kappa shape index (κ2) is 4.92.